The standard InChI is InChI=1S/C27H23Cl2N3O6S.Na/c1-3-15-12-20(24(29)22(13-15)39(35,36)37)31-32-25-17-9-6-5-8-16(17)14-18(26(25)33)27(34)30-19-10-7-11-21(23(19)28)38-4-2;/h5-14,33H,3-4H2,1-2H3,(H,30,34)(H,35,36,37);/q;+1/p-1. The van der Waals surface area contributed by atoms with Crippen LogP contribution in [0.2, 0.25) is 10.0 Å². The summed E-state index contributed by atoms with van der Waals surface area (Å²) in [6.07, 6.45) is 0.417. The second kappa shape index (κ2) is 13.3. The maximum Gasteiger partial charge on any atom is 1.00 e. The zero-order valence-corrected chi connectivity index (χ0v) is 26.1. The first kappa shape index (κ1) is 31.8. The molecule has 1 amide bonds. The van der Waals surface area contributed by atoms with Crippen LogP contribution in [0.5, 0.6) is 11.5 Å². The van der Waals surface area contributed by atoms with E-state index in [9.17, 15) is 22.9 Å². The van der Waals surface area contributed by atoms with Crippen LogP contribution in [-0.2, 0) is 16.5 Å². The monoisotopic (exact) mass is 609 g/mol. The fraction of sp³-hybridized carbons (Fsp3) is 0.148. The topological polar surface area (TPSA) is 140 Å². The molecule has 2 N–H and O–H groups in total. The van der Waals surface area contributed by atoms with Crippen molar-refractivity contribution in [3.05, 3.63) is 81.8 Å². The Morgan fingerprint density at radius 3 is 2.42 bits per heavy atom. The van der Waals surface area contributed by atoms with Gasteiger partial charge in [0.1, 0.15) is 21.4 Å². The Kier molecular flexibility index (Phi) is 10.6. The van der Waals surface area contributed by atoms with Gasteiger partial charge in [-0.25, -0.2) is 0 Å². The number of fused-ring (bicyclic) bond motifs is 1. The molecule has 13 heteroatoms. The Balaban J connectivity index is 0.00000441. The van der Waals surface area contributed by atoms with Gasteiger partial charge in [0.2, 0.25) is 0 Å². The smallest absolute Gasteiger partial charge is 0.870 e. The third-order valence-corrected chi connectivity index (χ3v) is 7.53. The van der Waals surface area contributed by atoms with Gasteiger partial charge in [0.25, 0.3) is 16.0 Å². The number of halogens is 2. The largest absolute Gasteiger partial charge is 1.00 e. The SMILES string of the molecule is CCOc1cccc(NC(=O)c2cc3ccccc3c(N=Nc3cc(CC)cc(S(=O)(=O)O)c3Cl)c2[O-])c1Cl.[Na+]. The summed E-state index contributed by atoms with van der Waals surface area (Å²) < 4.78 is 38.7. The summed E-state index contributed by atoms with van der Waals surface area (Å²) >= 11 is 12.6. The molecule has 4 rings (SSSR count). The van der Waals surface area contributed by atoms with E-state index in [-0.39, 0.29) is 62.2 Å². The number of ether oxygens (including phenoxy) is 1. The summed E-state index contributed by atoms with van der Waals surface area (Å²) in [7, 11) is -4.64. The Labute approximate surface area is 263 Å². The molecule has 0 radical (unpaired) electrons. The van der Waals surface area contributed by atoms with E-state index in [0.717, 1.165) is 0 Å². The van der Waals surface area contributed by atoms with Crippen LogP contribution in [0.15, 0.2) is 75.8 Å². The molecule has 0 unspecified atom stereocenters. The molecule has 4 aromatic rings. The van der Waals surface area contributed by atoms with Crippen LogP contribution in [0.3, 0.4) is 0 Å². The van der Waals surface area contributed by atoms with Crippen molar-refractivity contribution >= 4 is 67.1 Å². The summed E-state index contributed by atoms with van der Waals surface area (Å²) in [6, 6.07) is 15.8. The fourth-order valence-electron chi connectivity index (χ4n) is 3.85. The first-order chi connectivity index (χ1) is 18.5. The number of nitrogens with one attached hydrogen (secondary N) is 1. The van der Waals surface area contributed by atoms with Gasteiger partial charge in [-0.1, -0.05) is 66.2 Å². The number of azo groups is 1. The molecule has 40 heavy (non-hydrogen) atoms. The van der Waals surface area contributed by atoms with Gasteiger partial charge in [0.05, 0.1) is 23.0 Å². The molecule has 0 bridgehead atoms. The van der Waals surface area contributed by atoms with Gasteiger partial charge < -0.3 is 15.2 Å². The average molecular weight is 610 g/mol. The fourth-order valence-corrected chi connectivity index (χ4v) is 5.15. The van der Waals surface area contributed by atoms with Crippen molar-refractivity contribution in [1.82, 2.24) is 0 Å². The number of hydrogen-bond donors (Lipinski definition) is 2. The Hall–Kier alpha value is -2.70. The molecule has 0 fully saturated rings. The van der Waals surface area contributed by atoms with E-state index < -0.39 is 26.7 Å². The van der Waals surface area contributed by atoms with Gasteiger partial charge >= 0.3 is 29.6 Å². The number of amides is 1. The van der Waals surface area contributed by atoms with E-state index in [1.165, 1.54) is 18.2 Å². The maximum absolute atomic E-state index is 13.5. The van der Waals surface area contributed by atoms with Crippen molar-refractivity contribution in [2.75, 3.05) is 11.9 Å². The first-order valence-electron chi connectivity index (χ1n) is 11.7. The second-order valence-corrected chi connectivity index (χ2v) is 10.4. The van der Waals surface area contributed by atoms with Gasteiger partial charge in [-0.3, -0.25) is 9.35 Å². The number of hydrogen-bond acceptors (Lipinski definition) is 7. The molecule has 0 aliphatic heterocycles. The van der Waals surface area contributed by atoms with Crippen molar-refractivity contribution < 1.29 is 57.2 Å². The third-order valence-electron chi connectivity index (χ3n) is 5.76. The molecule has 4 aromatic carbocycles. The molecule has 0 aliphatic rings. The number of rotatable bonds is 8. The minimum Gasteiger partial charge on any atom is -0.870 e. The molecule has 0 saturated carbocycles. The van der Waals surface area contributed by atoms with E-state index in [2.05, 4.69) is 15.5 Å². The van der Waals surface area contributed by atoms with Crippen LogP contribution in [0, 0.1) is 0 Å². The van der Waals surface area contributed by atoms with Crippen LogP contribution in [-0.4, -0.2) is 25.5 Å². The molecule has 9 nitrogen and oxygen atoms in total. The van der Waals surface area contributed by atoms with Crippen molar-refractivity contribution in [1.29, 1.82) is 0 Å². The third kappa shape index (κ3) is 6.77. The molecule has 0 aromatic heterocycles. The van der Waals surface area contributed by atoms with E-state index in [4.69, 9.17) is 27.9 Å². The molecule has 0 heterocycles. The molecule has 0 saturated heterocycles. The minimum absolute atomic E-state index is 0. The van der Waals surface area contributed by atoms with Crippen molar-refractivity contribution in [3.63, 3.8) is 0 Å². The predicted molar refractivity (Wildman–Crippen MR) is 149 cm³/mol. The zero-order valence-electron chi connectivity index (χ0n) is 21.7. The van der Waals surface area contributed by atoms with Crippen molar-refractivity contribution in [2.45, 2.75) is 25.2 Å². The quantitative estimate of drug-likeness (QED) is 0.175. The van der Waals surface area contributed by atoms with Crippen LogP contribution < -0.4 is 44.7 Å². The summed E-state index contributed by atoms with van der Waals surface area (Å²) in [4.78, 5) is 12.7. The number of aryl methyl sites for hydroxylation is 1. The van der Waals surface area contributed by atoms with E-state index in [1.807, 2.05) is 0 Å². The number of carbonyl (C=O) groups is 1. The van der Waals surface area contributed by atoms with E-state index >= 15 is 0 Å². The number of carbonyl (C=O) groups excluding carboxylic acids is 1. The van der Waals surface area contributed by atoms with E-state index in [1.54, 1.807) is 56.3 Å². The zero-order chi connectivity index (χ0) is 28.3. The summed E-state index contributed by atoms with van der Waals surface area (Å²) in [5.74, 6) is -1.06. The Morgan fingerprint density at radius 1 is 1.02 bits per heavy atom. The van der Waals surface area contributed by atoms with Crippen molar-refractivity contribution in [2.24, 2.45) is 10.2 Å². The van der Waals surface area contributed by atoms with Crippen LogP contribution in [0.1, 0.15) is 29.8 Å². The average Bonchev–Trinajstić information content (AvgIpc) is 2.90. The van der Waals surface area contributed by atoms with Gasteiger partial charge in [-0.15, -0.1) is 5.11 Å². The first-order valence-corrected chi connectivity index (χ1v) is 13.9. The summed E-state index contributed by atoms with van der Waals surface area (Å²) in [5, 5.41) is 25.0. The van der Waals surface area contributed by atoms with Crippen LogP contribution in [0.25, 0.3) is 10.8 Å². The van der Waals surface area contributed by atoms with Gasteiger partial charge in [0, 0.05) is 10.9 Å². The van der Waals surface area contributed by atoms with E-state index in [0.29, 0.717) is 35.1 Å². The van der Waals surface area contributed by atoms with Gasteiger partial charge in [-0.05, 0) is 54.6 Å². The van der Waals surface area contributed by atoms with Crippen molar-refractivity contribution in [3.8, 4) is 11.5 Å². The summed E-state index contributed by atoms with van der Waals surface area (Å²) in [6.45, 7) is 3.95. The number of anilines is 1. The number of nitrogens with zero attached hydrogens (tertiary/aromatic N) is 2. The minimum atomic E-state index is -4.64. The summed E-state index contributed by atoms with van der Waals surface area (Å²) in [5.41, 5.74) is 0.338. The normalized spacial score (nSPS) is 11.4. The van der Waals surface area contributed by atoms with Crippen LogP contribution in [0.4, 0.5) is 17.1 Å². The molecular formula is C27H22Cl2N3NaO6S. The number of benzene rings is 4. The maximum atomic E-state index is 13.5. The van der Waals surface area contributed by atoms with Gasteiger partial charge in [-0.2, -0.15) is 13.5 Å². The second-order valence-electron chi connectivity index (χ2n) is 8.28. The molecule has 0 atom stereocenters. The Morgan fingerprint density at radius 2 is 1.75 bits per heavy atom. The predicted octanol–water partition coefficient (Wildman–Crippen LogP) is 4.10. The van der Waals surface area contributed by atoms with Gasteiger partial charge in [0.15, 0.2) is 0 Å². The molecule has 0 spiro atoms. The molecule has 202 valence electrons. The van der Waals surface area contributed by atoms with Crippen LogP contribution >= 0.6 is 23.2 Å². The Bertz CT molecular complexity index is 1730. The molecule has 0 aliphatic carbocycles. The molecular weight excluding hydrogens is 588 g/mol.